The van der Waals surface area contributed by atoms with Crippen LogP contribution < -0.4 is 4.74 Å². The number of phenols is 1. The van der Waals surface area contributed by atoms with Gasteiger partial charge in [-0.3, -0.25) is 9.69 Å². The number of hydrogen-bond donors (Lipinski definition) is 1. The predicted molar refractivity (Wildman–Crippen MR) is 110 cm³/mol. The van der Waals surface area contributed by atoms with Gasteiger partial charge in [-0.15, -0.1) is 12.4 Å². The fraction of sp³-hybridized carbons (Fsp3) is 0.667. The summed E-state index contributed by atoms with van der Waals surface area (Å²) in [6.07, 6.45) is 4.21. The van der Waals surface area contributed by atoms with Crippen LogP contribution in [0.4, 0.5) is 0 Å². The average molecular weight is 397 g/mol. The molecule has 2 saturated heterocycles. The van der Waals surface area contributed by atoms with Gasteiger partial charge in [0.15, 0.2) is 11.5 Å². The highest BCUT2D eigenvalue weighted by molar-refractivity contribution is 5.85. The highest BCUT2D eigenvalue weighted by Crippen LogP contribution is 2.32. The molecule has 5 nitrogen and oxygen atoms in total. The average Bonchev–Trinajstić information content (AvgIpc) is 2.65. The Morgan fingerprint density at radius 3 is 2.63 bits per heavy atom. The highest BCUT2D eigenvalue weighted by Gasteiger charge is 2.30. The second-order valence-corrected chi connectivity index (χ2v) is 7.78. The number of piperidine rings is 2. The largest absolute Gasteiger partial charge is 0.504 e. The van der Waals surface area contributed by atoms with Gasteiger partial charge in [-0.25, -0.2) is 0 Å². The van der Waals surface area contributed by atoms with Crippen molar-refractivity contribution < 1.29 is 14.6 Å². The van der Waals surface area contributed by atoms with Gasteiger partial charge in [-0.1, -0.05) is 19.1 Å². The van der Waals surface area contributed by atoms with Crippen molar-refractivity contribution >= 4 is 18.3 Å². The summed E-state index contributed by atoms with van der Waals surface area (Å²) in [5.74, 6) is 1.95. The Labute approximate surface area is 169 Å². The number of para-hydroxylation sites is 1. The molecule has 1 aromatic rings. The molecule has 0 aromatic heterocycles. The third-order valence-corrected chi connectivity index (χ3v) is 5.68. The number of nitrogens with zero attached hydrogens (tertiary/aromatic N) is 2. The number of likely N-dealkylation sites (tertiary alicyclic amines) is 2. The lowest BCUT2D eigenvalue weighted by molar-refractivity contribution is -0.138. The molecule has 1 atom stereocenters. The summed E-state index contributed by atoms with van der Waals surface area (Å²) in [5.41, 5.74) is 0.894. The molecule has 152 valence electrons. The Hall–Kier alpha value is -1.46. The molecule has 0 aliphatic carbocycles. The minimum Gasteiger partial charge on any atom is -0.504 e. The topological polar surface area (TPSA) is 53.0 Å². The van der Waals surface area contributed by atoms with Gasteiger partial charge in [0.2, 0.25) is 5.91 Å². The van der Waals surface area contributed by atoms with Crippen LogP contribution >= 0.6 is 12.4 Å². The smallest absolute Gasteiger partial charge is 0.225 e. The lowest BCUT2D eigenvalue weighted by Gasteiger charge is -2.37. The van der Waals surface area contributed by atoms with Crippen molar-refractivity contribution in [3.05, 3.63) is 23.8 Å². The van der Waals surface area contributed by atoms with E-state index in [-0.39, 0.29) is 24.1 Å². The van der Waals surface area contributed by atoms with E-state index in [1.165, 1.54) is 6.42 Å². The van der Waals surface area contributed by atoms with Crippen LogP contribution in [0, 0.1) is 11.8 Å². The van der Waals surface area contributed by atoms with Crippen LogP contribution in [0.5, 0.6) is 11.5 Å². The van der Waals surface area contributed by atoms with E-state index in [9.17, 15) is 9.90 Å². The summed E-state index contributed by atoms with van der Waals surface area (Å²) in [6.45, 7) is 9.06. The first-order valence-electron chi connectivity index (χ1n) is 10.0. The van der Waals surface area contributed by atoms with Gasteiger partial charge in [0.1, 0.15) is 0 Å². The summed E-state index contributed by atoms with van der Waals surface area (Å²) in [5, 5.41) is 10.4. The minimum absolute atomic E-state index is 0. The van der Waals surface area contributed by atoms with Gasteiger partial charge >= 0.3 is 0 Å². The summed E-state index contributed by atoms with van der Waals surface area (Å²) in [7, 11) is 0. The molecule has 2 heterocycles. The monoisotopic (exact) mass is 396 g/mol. The van der Waals surface area contributed by atoms with Crippen LogP contribution in [0.1, 0.15) is 45.1 Å². The second-order valence-electron chi connectivity index (χ2n) is 7.78. The molecule has 3 rings (SSSR count). The lowest BCUT2D eigenvalue weighted by atomic mass is 9.92. The highest BCUT2D eigenvalue weighted by atomic mass is 35.5. The summed E-state index contributed by atoms with van der Waals surface area (Å²) in [6, 6.07) is 5.67. The molecule has 0 radical (unpaired) electrons. The third kappa shape index (κ3) is 5.52. The molecular formula is C21H33ClN2O3. The van der Waals surface area contributed by atoms with Crippen molar-refractivity contribution in [2.75, 3.05) is 32.8 Å². The van der Waals surface area contributed by atoms with E-state index < -0.39 is 0 Å². The molecule has 6 heteroatoms. The van der Waals surface area contributed by atoms with E-state index in [0.717, 1.165) is 51.0 Å². The molecule has 1 unspecified atom stereocenters. The van der Waals surface area contributed by atoms with Gasteiger partial charge in [0, 0.05) is 31.1 Å². The van der Waals surface area contributed by atoms with Crippen LogP contribution in [0.15, 0.2) is 18.2 Å². The van der Waals surface area contributed by atoms with E-state index in [0.29, 0.717) is 30.7 Å². The van der Waals surface area contributed by atoms with E-state index >= 15 is 0 Å². The van der Waals surface area contributed by atoms with Gasteiger partial charge < -0.3 is 14.7 Å². The Bertz CT molecular complexity index is 617. The van der Waals surface area contributed by atoms with Crippen LogP contribution in [0.2, 0.25) is 0 Å². The Morgan fingerprint density at radius 1 is 1.22 bits per heavy atom. The number of halogens is 1. The summed E-state index contributed by atoms with van der Waals surface area (Å²) >= 11 is 0. The van der Waals surface area contributed by atoms with Gasteiger partial charge in [0.25, 0.3) is 0 Å². The molecule has 0 spiro atoms. The zero-order valence-corrected chi connectivity index (χ0v) is 17.3. The number of ether oxygens (including phenoxy) is 1. The second kappa shape index (κ2) is 10.2. The van der Waals surface area contributed by atoms with Crippen molar-refractivity contribution in [2.45, 2.75) is 46.1 Å². The van der Waals surface area contributed by atoms with Gasteiger partial charge in [-0.05, 0) is 57.7 Å². The third-order valence-electron chi connectivity index (χ3n) is 5.68. The molecule has 0 saturated carbocycles. The quantitative estimate of drug-likeness (QED) is 0.824. The molecule has 1 aromatic carbocycles. The Balaban J connectivity index is 0.00000261. The van der Waals surface area contributed by atoms with Crippen LogP contribution in [-0.4, -0.2) is 53.6 Å². The van der Waals surface area contributed by atoms with E-state index in [4.69, 9.17) is 4.74 Å². The van der Waals surface area contributed by atoms with E-state index in [1.807, 2.05) is 19.1 Å². The van der Waals surface area contributed by atoms with Gasteiger partial charge in [-0.2, -0.15) is 0 Å². The summed E-state index contributed by atoms with van der Waals surface area (Å²) in [4.78, 5) is 17.2. The molecule has 2 aliphatic heterocycles. The first-order chi connectivity index (χ1) is 12.6. The molecule has 27 heavy (non-hydrogen) atoms. The lowest BCUT2D eigenvalue weighted by Crippen LogP contribution is -2.45. The number of hydrogen-bond acceptors (Lipinski definition) is 4. The van der Waals surface area contributed by atoms with E-state index in [1.54, 1.807) is 6.07 Å². The number of carbonyl (C=O) groups excluding carboxylic acids is 1. The summed E-state index contributed by atoms with van der Waals surface area (Å²) < 4.78 is 5.47. The van der Waals surface area contributed by atoms with Crippen molar-refractivity contribution in [1.82, 2.24) is 9.80 Å². The van der Waals surface area contributed by atoms with E-state index in [2.05, 4.69) is 16.7 Å². The van der Waals surface area contributed by atoms with Crippen molar-refractivity contribution in [2.24, 2.45) is 11.8 Å². The first-order valence-corrected chi connectivity index (χ1v) is 10.0. The van der Waals surface area contributed by atoms with Crippen LogP contribution in [0.3, 0.4) is 0 Å². The molecule has 1 N–H and O–H groups in total. The number of aromatic hydroxyl groups is 1. The maximum Gasteiger partial charge on any atom is 0.225 e. The standard InChI is InChI=1S/C21H32N2O3.ClH/c1-3-26-19-8-4-7-18(20(19)24)15-22-12-9-17(10-13-22)21(25)23-11-5-6-16(2)14-23;/h4,7-8,16-17,24H,3,5-6,9-15H2,1-2H3;1H. The maximum atomic E-state index is 12.8. The Kier molecular flexibility index (Phi) is 8.24. The zero-order valence-electron chi connectivity index (χ0n) is 16.5. The molecular weight excluding hydrogens is 364 g/mol. The SMILES string of the molecule is CCOc1cccc(CN2CCC(C(=O)N3CCCC(C)C3)CC2)c1O.Cl. The molecule has 1 amide bonds. The van der Waals surface area contributed by atoms with Crippen molar-refractivity contribution in [3.63, 3.8) is 0 Å². The fourth-order valence-electron chi connectivity index (χ4n) is 4.19. The maximum absolute atomic E-state index is 12.8. The molecule has 2 fully saturated rings. The predicted octanol–water partition coefficient (Wildman–Crippen LogP) is 3.68. The Morgan fingerprint density at radius 2 is 1.96 bits per heavy atom. The minimum atomic E-state index is 0. The number of benzene rings is 1. The van der Waals surface area contributed by atoms with Gasteiger partial charge in [0.05, 0.1) is 6.61 Å². The molecule has 2 aliphatic rings. The normalized spacial score (nSPS) is 21.6. The first kappa shape index (κ1) is 21.8. The van der Waals surface area contributed by atoms with Crippen LogP contribution in [0.25, 0.3) is 0 Å². The van der Waals surface area contributed by atoms with Crippen LogP contribution in [-0.2, 0) is 11.3 Å². The number of amides is 1. The fourth-order valence-corrected chi connectivity index (χ4v) is 4.19. The molecule has 0 bridgehead atoms. The van der Waals surface area contributed by atoms with Crippen molar-refractivity contribution in [3.8, 4) is 11.5 Å². The number of phenolic OH excluding ortho intramolecular Hbond substituents is 1. The number of rotatable bonds is 5. The zero-order chi connectivity index (χ0) is 18.5. The van der Waals surface area contributed by atoms with Crippen molar-refractivity contribution in [1.29, 1.82) is 0 Å². The number of carbonyl (C=O) groups is 1.